The van der Waals surface area contributed by atoms with Gasteiger partial charge in [-0.1, -0.05) is 33.5 Å². The summed E-state index contributed by atoms with van der Waals surface area (Å²) in [6.45, 7) is 3.44. The minimum Gasteiger partial charge on any atom is -0.391 e. The SMILES string of the molecule is CC(O)Cn1nnc(-c2ccccc2Nc2ccc(C(C)(F)P)cc2)n1. The van der Waals surface area contributed by atoms with Gasteiger partial charge in [-0.05, 0) is 48.9 Å². The summed E-state index contributed by atoms with van der Waals surface area (Å²) in [6.07, 6.45) is -0.554. The van der Waals surface area contributed by atoms with Gasteiger partial charge < -0.3 is 10.4 Å². The summed E-state index contributed by atoms with van der Waals surface area (Å²) in [5.41, 5.74) is 3.01. The Kier molecular flexibility index (Phi) is 5.30. The van der Waals surface area contributed by atoms with Crippen LogP contribution in [0.4, 0.5) is 15.8 Å². The molecule has 0 bridgehead atoms. The first-order valence-corrected chi connectivity index (χ1v) is 8.81. The van der Waals surface area contributed by atoms with Crippen molar-refractivity contribution in [3.63, 3.8) is 0 Å². The average Bonchev–Trinajstić information content (AvgIpc) is 3.02. The number of rotatable bonds is 6. The van der Waals surface area contributed by atoms with E-state index in [0.29, 0.717) is 11.4 Å². The van der Waals surface area contributed by atoms with E-state index in [-0.39, 0.29) is 6.54 Å². The number of nitrogens with zero attached hydrogens (tertiary/aromatic N) is 4. The highest BCUT2D eigenvalue weighted by Gasteiger charge is 2.18. The van der Waals surface area contributed by atoms with E-state index in [4.69, 9.17) is 0 Å². The fourth-order valence-corrected chi connectivity index (χ4v) is 2.68. The fraction of sp³-hybridized carbons (Fsp3) is 0.278. The monoisotopic (exact) mass is 373 g/mol. The number of aromatic nitrogens is 4. The van der Waals surface area contributed by atoms with Crippen LogP contribution in [-0.2, 0) is 12.0 Å². The lowest BCUT2D eigenvalue weighted by Crippen LogP contribution is -2.14. The van der Waals surface area contributed by atoms with Crippen molar-refractivity contribution in [1.29, 1.82) is 0 Å². The number of para-hydroxylation sites is 1. The van der Waals surface area contributed by atoms with Crippen molar-refractivity contribution >= 4 is 20.6 Å². The van der Waals surface area contributed by atoms with Gasteiger partial charge in [0.05, 0.1) is 12.6 Å². The predicted molar refractivity (Wildman–Crippen MR) is 103 cm³/mol. The lowest BCUT2D eigenvalue weighted by molar-refractivity contribution is 0.161. The highest BCUT2D eigenvalue weighted by atomic mass is 31.0. The molecule has 26 heavy (non-hydrogen) atoms. The minimum atomic E-state index is -1.46. The van der Waals surface area contributed by atoms with Gasteiger partial charge in [0.2, 0.25) is 5.82 Å². The summed E-state index contributed by atoms with van der Waals surface area (Å²) < 4.78 is 14.0. The van der Waals surface area contributed by atoms with Crippen LogP contribution >= 0.6 is 9.24 Å². The summed E-state index contributed by atoms with van der Waals surface area (Å²) in [4.78, 5) is 1.37. The van der Waals surface area contributed by atoms with Crippen molar-refractivity contribution in [3.05, 3.63) is 54.1 Å². The minimum absolute atomic E-state index is 0.279. The molecule has 1 aromatic heterocycles. The van der Waals surface area contributed by atoms with Crippen LogP contribution in [0, 0.1) is 0 Å². The van der Waals surface area contributed by atoms with E-state index in [1.165, 1.54) is 11.7 Å². The second-order valence-corrected chi connectivity index (χ2v) is 7.42. The number of aliphatic hydroxyl groups is 1. The second-order valence-electron chi connectivity index (χ2n) is 6.34. The molecule has 0 saturated heterocycles. The largest absolute Gasteiger partial charge is 0.391 e. The molecule has 0 spiro atoms. The maximum absolute atomic E-state index is 14.0. The Morgan fingerprint density at radius 3 is 2.58 bits per heavy atom. The van der Waals surface area contributed by atoms with Crippen LogP contribution in [0.25, 0.3) is 11.4 Å². The number of tetrazole rings is 1. The second kappa shape index (κ2) is 7.48. The first kappa shape index (κ1) is 18.4. The molecule has 2 N–H and O–H groups in total. The molecule has 0 radical (unpaired) electrons. The van der Waals surface area contributed by atoms with Gasteiger partial charge in [0.1, 0.15) is 5.41 Å². The lowest BCUT2D eigenvalue weighted by atomic mass is 10.1. The van der Waals surface area contributed by atoms with Crippen LogP contribution < -0.4 is 5.32 Å². The first-order chi connectivity index (χ1) is 12.3. The van der Waals surface area contributed by atoms with E-state index in [0.717, 1.165) is 16.9 Å². The molecule has 2 aromatic carbocycles. The Morgan fingerprint density at radius 1 is 1.23 bits per heavy atom. The van der Waals surface area contributed by atoms with E-state index in [2.05, 4.69) is 30.0 Å². The molecule has 3 rings (SSSR count). The van der Waals surface area contributed by atoms with E-state index in [9.17, 15) is 9.50 Å². The zero-order valence-electron chi connectivity index (χ0n) is 14.6. The van der Waals surface area contributed by atoms with Gasteiger partial charge in [0, 0.05) is 16.9 Å². The number of alkyl halides is 1. The van der Waals surface area contributed by atoms with Crippen LogP contribution in [-0.4, -0.2) is 31.4 Å². The third-order valence-electron chi connectivity index (χ3n) is 3.78. The molecule has 0 aliphatic carbocycles. The number of hydrogen-bond donors (Lipinski definition) is 2. The van der Waals surface area contributed by atoms with E-state index in [1.807, 2.05) is 36.4 Å². The molecular weight excluding hydrogens is 352 g/mol. The van der Waals surface area contributed by atoms with Gasteiger partial charge in [-0.25, -0.2) is 4.39 Å². The zero-order valence-corrected chi connectivity index (χ0v) is 15.7. The van der Waals surface area contributed by atoms with Crippen molar-refractivity contribution in [1.82, 2.24) is 20.2 Å². The molecule has 3 atom stereocenters. The molecule has 0 saturated carbocycles. The van der Waals surface area contributed by atoms with Gasteiger partial charge in [-0.3, -0.25) is 0 Å². The number of benzene rings is 2. The summed E-state index contributed by atoms with van der Waals surface area (Å²) >= 11 is 0. The Hall–Kier alpha value is -2.37. The number of hydrogen-bond acceptors (Lipinski definition) is 5. The Bertz CT molecular complexity index is 874. The van der Waals surface area contributed by atoms with Crippen molar-refractivity contribution < 1.29 is 9.50 Å². The van der Waals surface area contributed by atoms with Crippen LogP contribution in [0.3, 0.4) is 0 Å². The molecule has 0 amide bonds. The Morgan fingerprint density at radius 2 is 1.92 bits per heavy atom. The third-order valence-corrected chi connectivity index (χ3v) is 4.11. The molecule has 0 fully saturated rings. The highest BCUT2D eigenvalue weighted by molar-refractivity contribution is 7.18. The van der Waals surface area contributed by atoms with Crippen LogP contribution in [0.15, 0.2) is 48.5 Å². The maximum Gasteiger partial charge on any atom is 0.207 e. The number of anilines is 2. The molecular formula is C18H21FN5OP. The highest BCUT2D eigenvalue weighted by Crippen LogP contribution is 2.34. The van der Waals surface area contributed by atoms with E-state index < -0.39 is 11.5 Å². The van der Waals surface area contributed by atoms with Crippen molar-refractivity contribution in [2.75, 3.05) is 5.32 Å². The van der Waals surface area contributed by atoms with Gasteiger partial charge in [0.15, 0.2) is 0 Å². The summed E-state index contributed by atoms with van der Waals surface area (Å²) in [5, 5.41) is 23.6. The number of nitrogens with one attached hydrogen (secondary N) is 1. The Balaban J connectivity index is 1.84. The molecule has 6 nitrogen and oxygen atoms in total. The summed E-state index contributed by atoms with van der Waals surface area (Å²) in [6, 6.07) is 14.7. The standard InChI is InChI=1S/C18H21FN5OP/c1-12(25)11-24-22-17(21-23-24)15-5-3-4-6-16(15)20-14-9-7-13(8-10-14)18(2,19)26/h3-10,12,20,25H,11,26H2,1-2H3. The molecule has 1 heterocycles. The van der Waals surface area contributed by atoms with Gasteiger partial charge in [-0.2, -0.15) is 4.80 Å². The van der Waals surface area contributed by atoms with E-state index in [1.54, 1.807) is 19.1 Å². The molecule has 8 heteroatoms. The van der Waals surface area contributed by atoms with Crippen LogP contribution in [0.5, 0.6) is 0 Å². The molecule has 0 aliphatic heterocycles. The predicted octanol–water partition coefficient (Wildman–Crippen LogP) is 3.48. The van der Waals surface area contributed by atoms with E-state index >= 15 is 0 Å². The molecule has 3 unspecified atom stereocenters. The lowest BCUT2D eigenvalue weighted by Gasteiger charge is -2.15. The number of halogens is 1. The van der Waals surface area contributed by atoms with Gasteiger partial charge in [0.25, 0.3) is 0 Å². The zero-order chi connectivity index (χ0) is 18.7. The summed E-state index contributed by atoms with van der Waals surface area (Å²) in [7, 11) is 2.19. The number of aliphatic hydroxyl groups excluding tert-OH is 1. The normalized spacial score (nSPS) is 14.7. The van der Waals surface area contributed by atoms with Gasteiger partial charge >= 0.3 is 0 Å². The first-order valence-electron chi connectivity index (χ1n) is 8.23. The Labute approximate surface area is 153 Å². The fourth-order valence-electron chi connectivity index (χ4n) is 2.49. The maximum atomic E-state index is 14.0. The van der Waals surface area contributed by atoms with Crippen LogP contribution in [0.2, 0.25) is 0 Å². The quantitative estimate of drug-likeness (QED) is 0.647. The molecule has 136 valence electrons. The van der Waals surface area contributed by atoms with Crippen molar-refractivity contribution in [2.45, 2.75) is 31.9 Å². The third kappa shape index (κ3) is 4.42. The van der Waals surface area contributed by atoms with Crippen molar-refractivity contribution in [2.24, 2.45) is 0 Å². The van der Waals surface area contributed by atoms with Crippen molar-refractivity contribution in [3.8, 4) is 11.4 Å². The van der Waals surface area contributed by atoms with Crippen LogP contribution in [0.1, 0.15) is 19.4 Å². The molecule has 3 aromatic rings. The topological polar surface area (TPSA) is 75.9 Å². The molecule has 0 aliphatic rings. The van der Waals surface area contributed by atoms with Gasteiger partial charge in [-0.15, -0.1) is 10.2 Å². The smallest absolute Gasteiger partial charge is 0.207 e. The summed E-state index contributed by atoms with van der Waals surface area (Å²) in [5.74, 6) is 0.465. The average molecular weight is 373 g/mol.